The van der Waals surface area contributed by atoms with E-state index in [1.165, 1.54) is 12.8 Å². The molecular weight excluding hydrogens is 220 g/mol. The van der Waals surface area contributed by atoms with E-state index in [0.717, 1.165) is 24.0 Å². The Balaban J connectivity index is 2.33. The first-order valence-electron chi connectivity index (χ1n) is 5.78. The lowest BCUT2D eigenvalue weighted by Crippen LogP contribution is -2.25. The van der Waals surface area contributed by atoms with Crippen LogP contribution in [-0.2, 0) is 5.60 Å². The van der Waals surface area contributed by atoms with Gasteiger partial charge in [-0.1, -0.05) is 29.8 Å². The summed E-state index contributed by atoms with van der Waals surface area (Å²) in [5, 5.41) is 11.3. The number of halogens is 1. The molecule has 0 saturated heterocycles. The maximum absolute atomic E-state index is 10.6. The van der Waals surface area contributed by atoms with Gasteiger partial charge in [0.1, 0.15) is 5.60 Å². The van der Waals surface area contributed by atoms with E-state index in [9.17, 15) is 5.11 Å². The predicted molar refractivity (Wildman–Crippen MR) is 67.6 cm³/mol. The maximum Gasteiger partial charge on any atom is 0.108 e. The van der Waals surface area contributed by atoms with E-state index >= 15 is 0 Å². The molecule has 1 N–H and O–H groups in total. The molecule has 1 unspecified atom stereocenters. The fraction of sp³-hybridized carbons (Fsp3) is 0.429. The van der Waals surface area contributed by atoms with E-state index in [2.05, 4.69) is 6.08 Å². The molecule has 2 heteroatoms. The van der Waals surface area contributed by atoms with Crippen molar-refractivity contribution in [1.82, 2.24) is 0 Å². The van der Waals surface area contributed by atoms with Crippen LogP contribution >= 0.6 is 11.6 Å². The summed E-state index contributed by atoms with van der Waals surface area (Å²) < 4.78 is 0. The molecule has 86 valence electrons. The average molecular weight is 237 g/mol. The molecule has 0 aliphatic heterocycles. The van der Waals surface area contributed by atoms with Gasteiger partial charge in [-0.05, 0) is 55.9 Å². The van der Waals surface area contributed by atoms with Crippen LogP contribution in [0.25, 0.3) is 0 Å². The van der Waals surface area contributed by atoms with Crippen LogP contribution in [0.5, 0.6) is 0 Å². The third kappa shape index (κ3) is 2.31. The van der Waals surface area contributed by atoms with Gasteiger partial charge >= 0.3 is 0 Å². The van der Waals surface area contributed by atoms with Gasteiger partial charge in [-0.15, -0.1) is 0 Å². The predicted octanol–water partition coefficient (Wildman–Crippen LogP) is 4.05. The number of rotatable bonds is 2. The summed E-state index contributed by atoms with van der Waals surface area (Å²) in [4.78, 5) is 0. The largest absolute Gasteiger partial charge is 0.381 e. The summed E-state index contributed by atoms with van der Waals surface area (Å²) in [6.45, 7) is 1.86. The van der Waals surface area contributed by atoms with Gasteiger partial charge < -0.3 is 5.11 Å². The molecule has 1 aromatic carbocycles. The zero-order valence-corrected chi connectivity index (χ0v) is 10.3. The molecule has 0 heterocycles. The second-order valence-electron chi connectivity index (χ2n) is 4.56. The fourth-order valence-electron chi connectivity index (χ4n) is 2.26. The van der Waals surface area contributed by atoms with Crippen LogP contribution in [0.15, 0.2) is 35.9 Å². The van der Waals surface area contributed by atoms with Crippen molar-refractivity contribution in [3.8, 4) is 0 Å². The van der Waals surface area contributed by atoms with Crippen molar-refractivity contribution in [2.75, 3.05) is 0 Å². The first-order valence-corrected chi connectivity index (χ1v) is 6.16. The monoisotopic (exact) mass is 236 g/mol. The summed E-state index contributed by atoms with van der Waals surface area (Å²) in [5.41, 5.74) is 1.14. The average Bonchev–Trinajstić information content (AvgIpc) is 2.30. The van der Waals surface area contributed by atoms with E-state index in [1.807, 2.05) is 31.2 Å². The highest BCUT2D eigenvalue weighted by molar-refractivity contribution is 6.30. The van der Waals surface area contributed by atoms with Crippen molar-refractivity contribution < 1.29 is 5.11 Å². The van der Waals surface area contributed by atoms with Gasteiger partial charge in [-0.2, -0.15) is 0 Å². The van der Waals surface area contributed by atoms with Gasteiger partial charge in [0.15, 0.2) is 0 Å². The number of allylic oxidation sites excluding steroid dienone is 1. The third-order valence-electron chi connectivity index (χ3n) is 3.30. The summed E-state index contributed by atoms with van der Waals surface area (Å²) in [6.07, 6.45) is 6.63. The van der Waals surface area contributed by atoms with E-state index in [1.54, 1.807) is 0 Å². The summed E-state index contributed by atoms with van der Waals surface area (Å²) in [6, 6.07) is 7.49. The Morgan fingerprint density at radius 2 is 2.12 bits per heavy atom. The molecule has 1 atom stereocenters. The quantitative estimate of drug-likeness (QED) is 0.769. The van der Waals surface area contributed by atoms with Gasteiger partial charge in [-0.25, -0.2) is 0 Å². The van der Waals surface area contributed by atoms with E-state index in [-0.39, 0.29) is 0 Å². The molecule has 2 rings (SSSR count). The molecule has 1 aliphatic rings. The molecule has 1 nitrogen and oxygen atoms in total. The van der Waals surface area contributed by atoms with Crippen LogP contribution in [0.1, 0.15) is 38.2 Å². The Kier molecular flexibility index (Phi) is 3.36. The van der Waals surface area contributed by atoms with E-state index < -0.39 is 5.60 Å². The van der Waals surface area contributed by atoms with Crippen molar-refractivity contribution in [3.05, 3.63) is 46.5 Å². The Labute approximate surface area is 102 Å². The minimum Gasteiger partial charge on any atom is -0.381 e. The summed E-state index contributed by atoms with van der Waals surface area (Å²) in [7, 11) is 0. The third-order valence-corrected chi connectivity index (χ3v) is 3.54. The maximum atomic E-state index is 10.6. The zero-order valence-electron chi connectivity index (χ0n) is 9.54. The SMILES string of the molecule is CC(O)(C1=CCCCC1)c1cccc(Cl)c1. The lowest BCUT2D eigenvalue weighted by Gasteiger charge is -2.29. The second-order valence-corrected chi connectivity index (χ2v) is 4.99. The lowest BCUT2D eigenvalue weighted by molar-refractivity contribution is 0.0915. The number of aliphatic hydroxyl groups is 1. The number of hydrogen-bond acceptors (Lipinski definition) is 1. The van der Waals surface area contributed by atoms with Crippen molar-refractivity contribution in [1.29, 1.82) is 0 Å². The van der Waals surface area contributed by atoms with E-state index in [0.29, 0.717) is 5.02 Å². The molecule has 16 heavy (non-hydrogen) atoms. The lowest BCUT2D eigenvalue weighted by atomic mass is 9.82. The van der Waals surface area contributed by atoms with E-state index in [4.69, 9.17) is 11.6 Å². The smallest absolute Gasteiger partial charge is 0.108 e. The molecule has 1 aliphatic carbocycles. The highest BCUT2D eigenvalue weighted by Gasteiger charge is 2.28. The van der Waals surface area contributed by atoms with Crippen LogP contribution in [0, 0.1) is 0 Å². The van der Waals surface area contributed by atoms with Gasteiger partial charge in [-0.3, -0.25) is 0 Å². The van der Waals surface area contributed by atoms with Crippen molar-refractivity contribution in [2.45, 2.75) is 38.2 Å². The van der Waals surface area contributed by atoms with Crippen LogP contribution < -0.4 is 0 Å². The fourth-order valence-corrected chi connectivity index (χ4v) is 2.45. The molecule has 0 saturated carbocycles. The molecule has 0 bridgehead atoms. The molecule has 0 spiro atoms. The van der Waals surface area contributed by atoms with Crippen LogP contribution in [0.4, 0.5) is 0 Å². The molecule has 0 amide bonds. The first kappa shape index (κ1) is 11.7. The molecule has 0 fully saturated rings. The molecule has 0 radical (unpaired) electrons. The van der Waals surface area contributed by atoms with Gasteiger partial charge in [0.2, 0.25) is 0 Å². The summed E-state index contributed by atoms with van der Waals surface area (Å²) in [5.74, 6) is 0. The van der Waals surface area contributed by atoms with Crippen LogP contribution in [0.3, 0.4) is 0 Å². The zero-order chi connectivity index (χ0) is 11.6. The minimum atomic E-state index is -0.870. The Morgan fingerprint density at radius 3 is 2.75 bits per heavy atom. The minimum absolute atomic E-state index is 0.675. The highest BCUT2D eigenvalue weighted by Crippen LogP contribution is 2.35. The highest BCUT2D eigenvalue weighted by atomic mass is 35.5. The van der Waals surface area contributed by atoms with Crippen molar-refractivity contribution in [3.63, 3.8) is 0 Å². The Morgan fingerprint density at radius 1 is 1.31 bits per heavy atom. The number of benzene rings is 1. The van der Waals surface area contributed by atoms with Gasteiger partial charge in [0.25, 0.3) is 0 Å². The molecule has 1 aromatic rings. The van der Waals surface area contributed by atoms with Gasteiger partial charge in [0, 0.05) is 5.02 Å². The topological polar surface area (TPSA) is 20.2 Å². The first-order chi connectivity index (χ1) is 7.60. The standard InChI is InChI=1S/C14H17ClO/c1-14(16,11-6-3-2-4-7-11)12-8-5-9-13(15)10-12/h5-6,8-10,16H,2-4,7H2,1H3. The second kappa shape index (κ2) is 4.60. The van der Waals surface area contributed by atoms with Crippen LogP contribution in [0.2, 0.25) is 5.02 Å². The van der Waals surface area contributed by atoms with Crippen molar-refractivity contribution in [2.24, 2.45) is 0 Å². The number of hydrogen-bond donors (Lipinski definition) is 1. The van der Waals surface area contributed by atoms with Crippen molar-refractivity contribution >= 4 is 11.6 Å². The van der Waals surface area contributed by atoms with Gasteiger partial charge in [0.05, 0.1) is 0 Å². The normalized spacial score (nSPS) is 20.1. The molecular formula is C14H17ClO. The molecule has 0 aromatic heterocycles. The van der Waals surface area contributed by atoms with Crippen LogP contribution in [-0.4, -0.2) is 5.11 Å². The summed E-state index contributed by atoms with van der Waals surface area (Å²) >= 11 is 5.96. The Bertz CT molecular complexity index is 407. The Hall–Kier alpha value is -0.790.